The van der Waals surface area contributed by atoms with Crippen LogP contribution in [0.1, 0.15) is 12.0 Å². The summed E-state index contributed by atoms with van der Waals surface area (Å²) in [6.45, 7) is 5.24. The Labute approximate surface area is 126 Å². The normalized spacial score (nSPS) is 19.3. The van der Waals surface area contributed by atoms with E-state index < -0.39 is 0 Å². The van der Waals surface area contributed by atoms with E-state index in [2.05, 4.69) is 39.6 Å². The minimum absolute atomic E-state index is 0.637. The molecule has 1 heterocycles. The quantitative estimate of drug-likeness (QED) is 0.664. The molecule has 1 aromatic rings. The van der Waals surface area contributed by atoms with Gasteiger partial charge >= 0.3 is 0 Å². The number of guanidine groups is 1. The third kappa shape index (κ3) is 3.57. The zero-order valence-electron chi connectivity index (χ0n) is 12.4. The van der Waals surface area contributed by atoms with Crippen LogP contribution in [0.4, 0.5) is 5.69 Å². The van der Waals surface area contributed by atoms with Gasteiger partial charge in [-0.3, -0.25) is 4.99 Å². The maximum atomic E-state index is 6.11. The van der Waals surface area contributed by atoms with E-state index in [4.69, 9.17) is 11.6 Å². The number of aliphatic imine (C=N–C) groups is 1. The van der Waals surface area contributed by atoms with Crippen LogP contribution in [0.2, 0.25) is 5.02 Å². The lowest BCUT2D eigenvalue weighted by Crippen LogP contribution is -2.38. The molecule has 0 radical (unpaired) electrons. The Bertz CT molecular complexity index is 487. The Morgan fingerprint density at radius 1 is 1.50 bits per heavy atom. The van der Waals surface area contributed by atoms with Gasteiger partial charge in [-0.1, -0.05) is 17.7 Å². The van der Waals surface area contributed by atoms with Gasteiger partial charge < -0.3 is 15.5 Å². The standard InChI is InChI=1S/C15H23ClN4/c1-11-4-5-13(16)8-14(11)20-7-6-12(10-20)9-19-15(17-2)18-3/h4-5,8,12H,6-7,9-10H2,1-3H3,(H2,17,18,19). The lowest BCUT2D eigenvalue weighted by Gasteiger charge is -2.21. The Morgan fingerprint density at radius 3 is 3.00 bits per heavy atom. The topological polar surface area (TPSA) is 39.7 Å². The summed E-state index contributed by atoms with van der Waals surface area (Å²) in [6.07, 6.45) is 1.19. The van der Waals surface area contributed by atoms with Gasteiger partial charge in [-0.15, -0.1) is 0 Å². The van der Waals surface area contributed by atoms with Crippen molar-refractivity contribution in [2.45, 2.75) is 13.3 Å². The molecule has 20 heavy (non-hydrogen) atoms. The van der Waals surface area contributed by atoms with Gasteiger partial charge in [-0.05, 0) is 37.0 Å². The molecule has 2 N–H and O–H groups in total. The SMILES string of the molecule is CN=C(NC)NCC1CCN(c2cc(Cl)ccc2C)C1. The number of nitrogens with zero attached hydrogens (tertiary/aromatic N) is 2. The highest BCUT2D eigenvalue weighted by molar-refractivity contribution is 6.30. The molecule has 0 aromatic heterocycles. The van der Waals surface area contributed by atoms with Crippen LogP contribution in [0.15, 0.2) is 23.2 Å². The number of rotatable bonds is 3. The second kappa shape index (κ2) is 6.84. The molecule has 0 amide bonds. The lowest BCUT2D eigenvalue weighted by atomic mass is 10.1. The minimum Gasteiger partial charge on any atom is -0.371 e. The van der Waals surface area contributed by atoms with Crippen molar-refractivity contribution in [3.8, 4) is 0 Å². The molecule has 0 spiro atoms. The molecule has 1 aliphatic heterocycles. The van der Waals surface area contributed by atoms with Crippen LogP contribution in [0, 0.1) is 12.8 Å². The fourth-order valence-corrected chi connectivity index (χ4v) is 2.83. The average molecular weight is 295 g/mol. The third-order valence-corrected chi connectivity index (χ3v) is 4.05. The highest BCUT2D eigenvalue weighted by atomic mass is 35.5. The van der Waals surface area contributed by atoms with Crippen LogP contribution < -0.4 is 15.5 Å². The van der Waals surface area contributed by atoms with Gasteiger partial charge in [0.15, 0.2) is 5.96 Å². The predicted molar refractivity (Wildman–Crippen MR) is 86.9 cm³/mol. The Hall–Kier alpha value is -1.42. The summed E-state index contributed by atoms with van der Waals surface area (Å²) in [4.78, 5) is 6.56. The summed E-state index contributed by atoms with van der Waals surface area (Å²) < 4.78 is 0. The molecule has 0 bridgehead atoms. The highest BCUT2D eigenvalue weighted by Gasteiger charge is 2.23. The van der Waals surface area contributed by atoms with E-state index in [1.165, 1.54) is 17.7 Å². The number of hydrogen-bond acceptors (Lipinski definition) is 2. The number of anilines is 1. The predicted octanol–water partition coefficient (Wildman–Crippen LogP) is 2.27. The van der Waals surface area contributed by atoms with E-state index in [0.717, 1.165) is 30.6 Å². The summed E-state index contributed by atoms with van der Waals surface area (Å²) in [5.74, 6) is 1.49. The smallest absolute Gasteiger partial charge is 0.190 e. The molecule has 1 aliphatic rings. The van der Waals surface area contributed by atoms with Crippen LogP contribution >= 0.6 is 11.6 Å². The van der Waals surface area contributed by atoms with Gasteiger partial charge in [0.05, 0.1) is 0 Å². The minimum atomic E-state index is 0.637. The first kappa shape index (κ1) is 15.0. The van der Waals surface area contributed by atoms with E-state index in [1.807, 2.05) is 13.1 Å². The van der Waals surface area contributed by atoms with Gasteiger partial charge in [-0.2, -0.15) is 0 Å². The monoisotopic (exact) mass is 294 g/mol. The zero-order valence-corrected chi connectivity index (χ0v) is 13.2. The second-order valence-electron chi connectivity index (χ2n) is 5.23. The van der Waals surface area contributed by atoms with Gasteiger partial charge in [0.1, 0.15) is 0 Å². The van der Waals surface area contributed by atoms with Crippen LogP contribution in [-0.4, -0.2) is 39.7 Å². The highest BCUT2D eigenvalue weighted by Crippen LogP contribution is 2.29. The van der Waals surface area contributed by atoms with E-state index in [9.17, 15) is 0 Å². The molecular formula is C15H23ClN4. The largest absolute Gasteiger partial charge is 0.371 e. The van der Waals surface area contributed by atoms with E-state index >= 15 is 0 Å². The molecule has 1 unspecified atom stereocenters. The summed E-state index contributed by atoms with van der Waals surface area (Å²) in [7, 11) is 3.67. The summed E-state index contributed by atoms with van der Waals surface area (Å²) in [5.41, 5.74) is 2.55. The van der Waals surface area contributed by atoms with Gasteiger partial charge in [0, 0.05) is 44.4 Å². The molecule has 110 valence electrons. The van der Waals surface area contributed by atoms with Crippen molar-refractivity contribution in [1.82, 2.24) is 10.6 Å². The molecule has 5 heteroatoms. The molecular weight excluding hydrogens is 272 g/mol. The van der Waals surface area contributed by atoms with Crippen molar-refractivity contribution >= 4 is 23.2 Å². The first-order valence-corrected chi connectivity index (χ1v) is 7.41. The molecule has 0 aliphatic carbocycles. The van der Waals surface area contributed by atoms with Crippen molar-refractivity contribution < 1.29 is 0 Å². The van der Waals surface area contributed by atoms with Crippen molar-refractivity contribution in [2.75, 3.05) is 38.6 Å². The van der Waals surface area contributed by atoms with Crippen LogP contribution in [0.5, 0.6) is 0 Å². The van der Waals surface area contributed by atoms with Crippen molar-refractivity contribution in [3.63, 3.8) is 0 Å². The summed E-state index contributed by atoms with van der Waals surface area (Å²) in [5, 5.41) is 7.20. The Kier molecular flexibility index (Phi) is 5.12. The number of aryl methyl sites for hydroxylation is 1. The van der Waals surface area contributed by atoms with E-state index in [1.54, 1.807) is 7.05 Å². The lowest BCUT2D eigenvalue weighted by molar-refractivity contribution is 0.568. The zero-order chi connectivity index (χ0) is 14.5. The van der Waals surface area contributed by atoms with Gasteiger partial charge in [-0.25, -0.2) is 0 Å². The number of benzene rings is 1. The molecule has 1 fully saturated rings. The van der Waals surface area contributed by atoms with Crippen LogP contribution in [0.25, 0.3) is 0 Å². The maximum Gasteiger partial charge on any atom is 0.190 e. The van der Waals surface area contributed by atoms with Crippen molar-refractivity contribution in [1.29, 1.82) is 0 Å². The second-order valence-corrected chi connectivity index (χ2v) is 5.67. The van der Waals surface area contributed by atoms with Crippen molar-refractivity contribution in [3.05, 3.63) is 28.8 Å². The molecule has 2 rings (SSSR count). The average Bonchev–Trinajstić information content (AvgIpc) is 2.91. The van der Waals surface area contributed by atoms with Gasteiger partial charge in [0.2, 0.25) is 0 Å². The van der Waals surface area contributed by atoms with Crippen molar-refractivity contribution in [2.24, 2.45) is 10.9 Å². The Morgan fingerprint density at radius 2 is 2.30 bits per heavy atom. The fraction of sp³-hybridized carbons (Fsp3) is 0.533. The third-order valence-electron chi connectivity index (χ3n) is 3.82. The summed E-state index contributed by atoms with van der Waals surface area (Å²) >= 11 is 6.11. The number of hydrogen-bond donors (Lipinski definition) is 2. The van der Waals surface area contributed by atoms with Gasteiger partial charge in [0.25, 0.3) is 0 Å². The molecule has 0 saturated carbocycles. The molecule has 1 aromatic carbocycles. The first-order valence-electron chi connectivity index (χ1n) is 7.03. The first-order chi connectivity index (χ1) is 9.63. The van der Waals surface area contributed by atoms with E-state index in [-0.39, 0.29) is 0 Å². The number of nitrogens with one attached hydrogen (secondary N) is 2. The van der Waals surface area contributed by atoms with Crippen LogP contribution in [-0.2, 0) is 0 Å². The maximum absolute atomic E-state index is 6.11. The number of halogens is 1. The molecule has 1 atom stereocenters. The van der Waals surface area contributed by atoms with Crippen LogP contribution in [0.3, 0.4) is 0 Å². The molecule has 4 nitrogen and oxygen atoms in total. The Balaban J connectivity index is 1.93. The molecule has 1 saturated heterocycles. The fourth-order valence-electron chi connectivity index (χ4n) is 2.66. The summed E-state index contributed by atoms with van der Waals surface area (Å²) in [6, 6.07) is 6.11. The van der Waals surface area contributed by atoms with E-state index in [0.29, 0.717) is 5.92 Å².